The summed E-state index contributed by atoms with van der Waals surface area (Å²) in [6.45, 7) is 16.4. The monoisotopic (exact) mass is 819 g/mol. The molecule has 2 aromatic heterocycles. The minimum absolute atomic E-state index is 0. The molecule has 0 bridgehead atoms. The number of aromatic amines is 2. The van der Waals surface area contributed by atoms with Gasteiger partial charge in [-0.3, -0.25) is 44.8 Å². The fourth-order valence-electron chi connectivity index (χ4n) is 5.69. The number of likely N-dealkylation sites (N-methyl/N-ethyl adjacent to an activating group) is 2. The van der Waals surface area contributed by atoms with Gasteiger partial charge in [-0.25, -0.2) is 9.97 Å². The van der Waals surface area contributed by atoms with Gasteiger partial charge >= 0.3 is 0 Å². The molecule has 302 valence electrons. The summed E-state index contributed by atoms with van der Waals surface area (Å²) in [7, 11) is 8.89. The van der Waals surface area contributed by atoms with Gasteiger partial charge in [0.15, 0.2) is 7.57 Å². The molecule has 2 saturated heterocycles. The van der Waals surface area contributed by atoms with Crippen LogP contribution in [0.1, 0.15) is 40.7 Å². The molecule has 2 aliphatic rings. The van der Waals surface area contributed by atoms with E-state index >= 15 is 0 Å². The summed E-state index contributed by atoms with van der Waals surface area (Å²) >= 11 is 5.66. The Balaban J connectivity index is 0.000000307. The lowest BCUT2D eigenvalue weighted by molar-refractivity contribution is -0.385. The predicted octanol–water partition coefficient (Wildman–Crippen LogP) is 4.75. The van der Waals surface area contributed by atoms with Gasteiger partial charge in [-0.05, 0) is 53.9 Å². The van der Waals surface area contributed by atoms with Gasteiger partial charge in [0, 0.05) is 64.5 Å². The van der Waals surface area contributed by atoms with Crippen molar-refractivity contribution in [3.63, 3.8) is 0 Å². The van der Waals surface area contributed by atoms with Crippen LogP contribution in [-0.4, -0.2) is 134 Å². The number of nitrogens with one attached hydrogen (secondary N) is 3. The summed E-state index contributed by atoms with van der Waals surface area (Å²) in [5.74, 6) is 8.96. The van der Waals surface area contributed by atoms with E-state index in [-0.39, 0.29) is 54.0 Å². The fourth-order valence-corrected chi connectivity index (χ4v) is 5.92. The van der Waals surface area contributed by atoms with Crippen molar-refractivity contribution >= 4 is 60.6 Å². The van der Waals surface area contributed by atoms with Crippen molar-refractivity contribution in [3.05, 3.63) is 88.4 Å². The highest BCUT2D eigenvalue weighted by Crippen LogP contribution is 2.27. The summed E-state index contributed by atoms with van der Waals surface area (Å²) in [4.78, 5) is 65.9. The molecule has 57 heavy (non-hydrogen) atoms. The Kier molecular flexibility index (Phi) is 18.1. The van der Waals surface area contributed by atoms with Crippen LogP contribution in [0.3, 0.4) is 0 Å². The standard InChI is InChI=1S/C18H21N5O3.C10H18N2.C8H4ClN3O3.CH4.BHNP/c1-18(2,22-8-6-21(3)7-9-22)5-4-13-10-15-14(11-16(13)23(25)26)17(24)20-12-19-15;1-5-10(2,3)12-8-6-11(4)7-9-12;9-5-2-6-4(1-7(5)12(14)15)8(13)11-3-10-6;;1-3-2/h10-12H,6-9H2,1-3H3,(H,19,20,24);1H,6-9H2,2-4H3;1-3H,(H,10,11,13);1H4;2H. The number of H-pyrrole nitrogens is 2. The number of terminal acetylenes is 1. The third kappa shape index (κ3) is 13.3. The molecule has 0 amide bonds. The number of hydrogen-bond donors (Lipinski definition) is 3. The number of nitro groups is 2. The molecule has 3 N–H and O–H groups in total. The van der Waals surface area contributed by atoms with E-state index in [0.29, 0.717) is 11.0 Å². The highest BCUT2D eigenvalue weighted by atomic mass is 35.5. The zero-order chi connectivity index (χ0) is 41.8. The number of hydrogen-bond acceptors (Lipinski definition) is 13. The first-order valence-corrected chi connectivity index (χ1v) is 18.6. The van der Waals surface area contributed by atoms with Crippen molar-refractivity contribution in [1.82, 2.24) is 39.5 Å². The van der Waals surface area contributed by atoms with Crippen molar-refractivity contribution in [2.24, 2.45) is 0 Å². The van der Waals surface area contributed by atoms with Gasteiger partial charge in [-0.15, -0.1) is 6.42 Å². The van der Waals surface area contributed by atoms with Crippen molar-refractivity contribution in [1.29, 1.82) is 5.16 Å². The van der Waals surface area contributed by atoms with E-state index in [1.165, 1.54) is 30.9 Å². The van der Waals surface area contributed by atoms with Gasteiger partial charge < -0.3 is 19.8 Å². The van der Waals surface area contributed by atoms with Gasteiger partial charge in [0.05, 0.1) is 55.4 Å². The van der Waals surface area contributed by atoms with Crippen molar-refractivity contribution in [2.45, 2.75) is 46.2 Å². The number of nitrogens with zero attached hydrogens (tertiary/aromatic N) is 8. The maximum Gasteiger partial charge on any atom is 0.288 e. The highest BCUT2D eigenvalue weighted by molar-refractivity contribution is 7.56. The molecule has 2 aromatic carbocycles. The first kappa shape index (κ1) is 48.1. The first-order chi connectivity index (χ1) is 26.3. The number of benzene rings is 2. The number of aromatic nitrogens is 4. The zero-order valence-electron chi connectivity index (χ0n) is 32.1. The van der Waals surface area contributed by atoms with E-state index in [1.54, 1.807) is 0 Å². The van der Waals surface area contributed by atoms with Crippen LogP contribution in [0.15, 0.2) is 46.5 Å². The second kappa shape index (κ2) is 21.5. The Morgan fingerprint density at radius 2 is 1.21 bits per heavy atom. The van der Waals surface area contributed by atoms with Crippen LogP contribution in [0.2, 0.25) is 5.02 Å². The minimum Gasteiger partial charge on any atom is -0.313 e. The summed E-state index contributed by atoms with van der Waals surface area (Å²) in [5, 5.41) is 28.2. The van der Waals surface area contributed by atoms with Crippen LogP contribution in [0, 0.1) is 49.6 Å². The molecule has 0 spiro atoms. The normalized spacial score (nSPS) is 15.2. The zero-order valence-corrected chi connectivity index (χ0v) is 33.8. The van der Waals surface area contributed by atoms with Crippen LogP contribution in [0.5, 0.6) is 0 Å². The molecule has 17 nitrogen and oxygen atoms in total. The number of rotatable bonds is 4. The molecule has 2 aliphatic heterocycles. The number of piperazine rings is 2. The number of halogens is 1. The molecule has 0 saturated carbocycles. The molecule has 2 fully saturated rings. The number of fused-ring (bicyclic) bond motifs is 2. The lowest BCUT2D eigenvalue weighted by Gasteiger charge is -2.40. The van der Waals surface area contributed by atoms with Crippen LogP contribution in [0.4, 0.5) is 11.4 Å². The van der Waals surface area contributed by atoms with E-state index < -0.39 is 26.5 Å². The largest absolute Gasteiger partial charge is 0.313 e. The summed E-state index contributed by atoms with van der Waals surface area (Å²) in [6.07, 6.45) is 7.96. The van der Waals surface area contributed by atoms with Crippen LogP contribution in [0.25, 0.3) is 21.8 Å². The van der Waals surface area contributed by atoms with Crippen molar-refractivity contribution < 1.29 is 9.85 Å². The Hall–Kier alpha value is -5.07. The smallest absolute Gasteiger partial charge is 0.288 e. The van der Waals surface area contributed by atoms with Gasteiger partial charge in [-0.1, -0.05) is 45.0 Å². The second-order valence-electron chi connectivity index (χ2n) is 13.9. The molecule has 0 aliphatic carbocycles. The first-order valence-electron chi connectivity index (χ1n) is 17.3. The lowest BCUT2D eigenvalue weighted by atomic mass is 10.0. The van der Waals surface area contributed by atoms with Crippen molar-refractivity contribution in [3.8, 4) is 24.2 Å². The maximum absolute atomic E-state index is 11.9. The summed E-state index contributed by atoms with van der Waals surface area (Å²) in [5.41, 5.74) is -0.818. The lowest BCUT2D eigenvalue weighted by Crippen LogP contribution is -2.53. The predicted molar refractivity (Wildman–Crippen MR) is 227 cm³/mol. The van der Waals surface area contributed by atoms with Crippen LogP contribution < -0.4 is 11.1 Å². The molecule has 2 radical (unpaired) electrons. The van der Waals surface area contributed by atoms with E-state index in [0.717, 1.165) is 58.4 Å². The quantitative estimate of drug-likeness (QED) is 0.0837. The fraction of sp³-hybridized carbons (Fsp3) is 0.459. The van der Waals surface area contributed by atoms with E-state index in [2.05, 4.69) is 92.8 Å². The van der Waals surface area contributed by atoms with E-state index in [9.17, 15) is 29.8 Å². The molecule has 6 rings (SSSR count). The average Bonchev–Trinajstić information content (AvgIpc) is 3.15. The Labute approximate surface area is 339 Å². The van der Waals surface area contributed by atoms with Gasteiger partial charge in [-0.2, -0.15) is 0 Å². The number of nitro benzene ring substituents is 2. The third-order valence-corrected chi connectivity index (χ3v) is 9.61. The SMILES string of the molecule is C.C#CC(C)(C)N1CCN(C)CC1.CN1CCN(C(C)(C)C#Cc2cc3nc[nH]c(=O)c3cc2[N+](=O)[O-])CC1.O=c1[nH]cnc2cc(Cl)c([N+](=O)[O-])cc12.[B]P=N. The molecule has 4 aromatic rings. The Morgan fingerprint density at radius 3 is 1.63 bits per heavy atom. The Bertz CT molecular complexity index is 2270. The van der Waals surface area contributed by atoms with Gasteiger partial charge in [0.25, 0.3) is 22.5 Å². The molecular formula is C37H48BClN11O6P. The molecule has 0 unspecified atom stereocenters. The molecule has 20 heteroatoms. The van der Waals surface area contributed by atoms with Gasteiger partial charge in [0.1, 0.15) is 10.6 Å². The highest BCUT2D eigenvalue weighted by Gasteiger charge is 2.28. The second-order valence-corrected chi connectivity index (χ2v) is 14.6. The average molecular weight is 820 g/mol. The minimum atomic E-state index is -0.645. The van der Waals surface area contributed by atoms with Crippen LogP contribution in [-0.2, 0) is 0 Å². The van der Waals surface area contributed by atoms with Crippen molar-refractivity contribution in [2.75, 3.05) is 66.5 Å². The summed E-state index contributed by atoms with van der Waals surface area (Å²) < 4.78 is 0. The third-order valence-electron chi connectivity index (χ3n) is 9.30. The van der Waals surface area contributed by atoms with E-state index in [4.69, 9.17) is 23.2 Å². The molecular weight excluding hydrogens is 772 g/mol. The van der Waals surface area contributed by atoms with Gasteiger partial charge in [0.2, 0.25) is 0 Å². The molecule has 4 heterocycles. The van der Waals surface area contributed by atoms with Crippen LogP contribution >= 0.6 is 19.9 Å². The Morgan fingerprint density at radius 1 is 0.807 bits per heavy atom. The van der Waals surface area contributed by atoms with E-state index in [1.807, 2.05) is 13.8 Å². The maximum atomic E-state index is 11.9. The molecule has 0 atom stereocenters. The topological polar surface area (TPSA) is 215 Å². The summed E-state index contributed by atoms with van der Waals surface area (Å²) in [6, 6.07) is 5.16.